The number of carbonyl (C=O) groups excluding carboxylic acids is 1. The van der Waals surface area contributed by atoms with Crippen LogP contribution in [0.15, 0.2) is 54.8 Å². The molecule has 1 aromatic rings. The van der Waals surface area contributed by atoms with E-state index < -0.39 is 0 Å². The first-order chi connectivity index (χ1) is 8.15. The van der Waals surface area contributed by atoms with Gasteiger partial charge in [0, 0.05) is 11.9 Å². The van der Waals surface area contributed by atoms with E-state index in [1.807, 2.05) is 58.0 Å². The Balaban J connectivity index is 0.00000121. The van der Waals surface area contributed by atoms with E-state index in [1.54, 1.807) is 11.1 Å². The zero-order valence-electron chi connectivity index (χ0n) is 11.1. The summed E-state index contributed by atoms with van der Waals surface area (Å²) in [5.41, 5.74) is 1.91. The van der Waals surface area contributed by atoms with Crippen molar-refractivity contribution in [3.63, 3.8) is 0 Å². The molecule has 17 heavy (non-hydrogen) atoms. The number of para-hydroxylation sites is 1. The van der Waals surface area contributed by atoms with Gasteiger partial charge in [-0.2, -0.15) is 0 Å². The highest BCUT2D eigenvalue weighted by atomic mass is 16.2. The Hall–Kier alpha value is -1.83. The molecular weight excluding hydrogens is 210 g/mol. The van der Waals surface area contributed by atoms with Crippen molar-refractivity contribution in [2.45, 2.75) is 27.7 Å². The summed E-state index contributed by atoms with van der Waals surface area (Å²) < 4.78 is 0. The van der Waals surface area contributed by atoms with Gasteiger partial charge < -0.3 is 0 Å². The van der Waals surface area contributed by atoms with Crippen LogP contribution in [0.4, 0.5) is 5.69 Å². The molecule has 1 aromatic carbocycles. The van der Waals surface area contributed by atoms with Crippen molar-refractivity contribution in [1.82, 2.24) is 0 Å². The highest BCUT2D eigenvalue weighted by molar-refractivity contribution is 6.02. The van der Waals surface area contributed by atoms with E-state index in [1.165, 1.54) is 6.08 Å². The maximum atomic E-state index is 11.6. The number of benzene rings is 1. The molecule has 0 N–H and O–H groups in total. The van der Waals surface area contributed by atoms with Crippen molar-refractivity contribution in [2.24, 2.45) is 0 Å². The lowest BCUT2D eigenvalue weighted by molar-refractivity contribution is -0.113. The fraction of sp³-hybridized carbons (Fsp3) is 0.267. The predicted molar refractivity (Wildman–Crippen MR) is 74.9 cm³/mol. The fourth-order valence-corrected chi connectivity index (χ4v) is 1.21. The number of hydrogen-bond donors (Lipinski definition) is 0. The lowest BCUT2D eigenvalue weighted by Crippen LogP contribution is -2.23. The number of hydrogen-bond acceptors (Lipinski definition) is 1. The molecule has 0 atom stereocenters. The van der Waals surface area contributed by atoms with Gasteiger partial charge in [-0.05, 0) is 32.1 Å². The van der Waals surface area contributed by atoms with Crippen LogP contribution in [0.3, 0.4) is 0 Å². The van der Waals surface area contributed by atoms with Crippen LogP contribution in [0.1, 0.15) is 27.7 Å². The van der Waals surface area contributed by atoms with Gasteiger partial charge >= 0.3 is 0 Å². The van der Waals surface area contributed by atoms with Crippen LogP contribution < -0.4 is 4.90 Å². The first-order valence-electron chi connectivity index (χ1n) is 5.81. The Kier molecular flexibility index (Phi) is 7.44. The summed E-state index contributed by atoms with van der Waals surface area (Å²) in [6.07, 6.45) is 3.12. The third-order valence-electron chi connectivity index (χ3n) is 1.83. The second-order valence-electron chi connectivity index (χ2n) is 3.45. The summed E-state index contributed by atoms with van der Waals surface area (Å²) in [5, 5.41) is 0. The minimum absolute atomic E-state index is 0.123. The van der Waals surface area contributed by atoms with Crippen molar-refractivity contribution >= 4 is 11.6 Å². The van der Waals surface area contributed by atoms with Crippen molar-refractivity contribution < 1.29 is 4.79 Å². The van der Waals surface area contributed by atoms with Crippen molar-refractivity contribution in [3.05, 3.63) is 54.8 Å². The lowest BCUT2D eigenvalue weighted by atomic mass is 10.2. The number of allylic oxidation sites excluding steroid dienone is 1. The minimum atomic E-state index is -0.123. The van der Waals surface area contributed by atoms with E-state index in [2.05, 4.69) is 6.58 Å². The largest absolute Gasteiger partial charge is 0.284 e. The molecule has 1 amide bonds. The fourth-order valence-electron chi connectivity index (χ4n) is 1.21. The minimum Gasteiger partial charge on any atom is -0.284 e. The van der Waals surface area contributed by atoms with Crippen LogP contribution >= 0.6 is 0 Å². The van der Waals surface area contributed by atoms with E-state index in [-0.39, 0.29) is 5.91 Å². The summed E-state index contributed by atoms with van der Waals surface area (Å²) in [7, 11) is 0. The van der Waals surface area contributed by atoms with Gasteiger partial charge in [0.2, 0.25) is 0 Å². The number of amides is 1. The summed E-state index contributed by atoms with van der Waals surface area (Å²) in [6, 6.07) is 9.50. The van der Waals surface area contributed by atoms with Gasteiger partial charge in [-0.25, -0.2) is 0 Å². The third-order valence-corrected chi connectivity index (χ3v) is 1.83. The monoisotopic (exact) mass is 231 g/mol. The number of carbonyl (C=O) groups is 1. The Labute approximate surface area is 104 Å². The Morgan fingerprint density at radius 2 is 1.71 bits per heavy atom. The van der Waals surface area contributed by atoms with Gasteiger partial charge in [-0.3, -0.25) is 9.69 Å². The smallest absolute Gasteiger partial charge is 0.254 e. The highest BCUT2D eigenvalue weighted by Crippen LogP contribution is 2.15. The third kappa shape index (κ3) is 5.16. The molecule has 0 fully saturated rings. The normalized spacial score (nSPS) is 8.47. The summed E-state index contributed by atoms with van der Waals surface area (Å²) >= 11 is 0. The van der Waals surface area contributed by atoms with Crippen molar-refractivity contribution in [3.8, 4) is 0 Å². The molecule has 0 aliphatic rings. The summed E-state index contributed by atoms with van der Waals surface area (Å²) in [4.78, 5) is 13.2. The first-order valence-corrected chi connectivity index (χ1v) is 5.81. The summed E-state index contributed by atoms with van der Waals surface area (Å²) in [5.74, 6) is -0.123. The van der Waals surface area contributed by atoms with E-state index in [4.69, 9.17) is 0 Å². The molecule has 0 radical (unpaired) electrons. The van der Waals surface area contributed by atoms with E-state index in [0.717, 1.165) is 11.3 Å². The molecule has 92 valence electrons. The van der Waals surface area contributed by atoms with Crippen LogP contribution in [-0.4, -0.2) is 5.91 Å². The molecule has 0 spiro atoms. The number of anilines is 1. The van der Waals surface area contributed by atoms with Gasteiger partial charge in [-0.15, -0.1) is 0 Å². The van der Waals surface area contributed by atoms with Gasteiger partial charge in [-0.1, -0.05) is 44.2 Å². The zero-order valence-corrected chi connectivity index (χ0v) is 11.1. The molecule has 0 aliphatic heterocycles. The quantitative estimate of drug-likeness (QED) is 0.715. The van der Waals surface area contributed by atoms with Crippen LogP contribution in [0.2, 0.25) is 0 Å². The first kappa shape index (κ1) is 15.2. The molecule has 0 aromatic heterocycles. The molecular formula is C15H21NO. The van der Waals surface area contributed by atoms with Crippen LogP contribution in [0, 0.1) is 0 Å². The molecule has 0 saturated heterocycles. The molecule has 0 saturated carbocycles. The molecule has 2 heteroatoms. The Morgan fingerprint density at radius 3 is 2.12 bits per heavy atom. The average molecular weight is 231 g/mol. The van der Waals surface area contributed by atoms with E-state index in [9.17, 15) is 4.79 Å². The second kappa shape index (κ2) is 8.34. The maximum Gasteiger partial charge on any atom is 0.254 e. The molecule has 0 heterocycles. The molecule has 0 aliphatic carbocycles. The van der Waals surface area contributed by atoms with Gasteiger partial charge in [0.1, 0.15) is 0 Å². The number of rotatable bonds is 3. The standard InChI is InChI=1S/C13H15NO.C2H6/c1-4-13(15)14(10-11(2)3)12-8-6-5-7-9-12;1-2/h4-10H,1H2,2-3H3;1-2H3. The molecule has 0 bridgehead atoms. The van der Waals surface area contributed by atoms with Crippen LogP contribution in [0.25, 0.3) is 0 Å². The second-order valence-corrected chi connectivity index (χ2v) is 3.45. The van der Waals surface area contributed by atoms with Gasteiger partial charge in [0.25, 0.3) is 5.91 Å². The van der Waals surface area contributed by atoms with Crippen LogP contribution in [0.5, 0.6) is 0 Å². The van der Waals surface area contributed by atoms with Crippen LogP contribution in [-0.2, 0) is 4.79 Å². The molecule has 1 rings (SSSR count). The number of nitrogens with zero attached hydrogens (tertiary/aromatic N) is 1. The topological polar surface area (TPSA) is 20.3 Å². The zero-order chi connectivity index (χ0) is 13.3. The van der Waals surface area contributed by atoms with E-state index in [0.29, 0.717) is 0 Å². The Bertz CT molecular complexity index is 375. The van der Waals surface area contributed by atoms with Gasteiger partial charge in [0.05, 0.1) is 0 Å². The Morgan fingerprint density at radius 1 is 1.18 bits per heavy atom. The maximum absolute atomic E-state index is 11.6. The van der Waals surface area contributed by atoms with Crippen molar-refractivity contribution in [2.75, 3.05) is 4.90 Å². The SMILES string of the molecule is C=CC(=O)N(C=C(C)C)c1ccccc1.CC. The predicted octanol–water partition coefficient (Wildman–Crippen LogP) is 4.16. The lowest BCUT2D eigenvalue weighted by Gasteiger charge is -2.17. The summed E-state index contributed by atoms with van der Waals surface area (Å²) in [6.45, 7) is 11.4. The highest BCUT2D eigenvalue weighted by Gasteiger charge is 2.08. The average Bonchev–Trinajstić information content (AvgIpc) is 2.38. The van der Waals surface area contributed by atoms with Crippen molar-refractivity contribution in [1.29, 1.82) is 0 Å². The molecule has 2 nitrogen and oxygen atoms in total. The molecule has 0 unspecified atom stereocenters. The van der Waals surface area contributed by atoms with Gasteiger partial charge in [0.15, 0.2) is 0 Å². The van der Waals surface area contributed by atoms with E-state index >= 15 is 0 Å².